The lowest BCUT2D eigenvalue weighted by Gasteiger charge is -2.07. The minimum atomic E-state index is -0.435. The molecular formula is C13H15BrO3. The predicted molar refractivity (Wildman–Crippen MR) is 69.9 cm³/mol. The van der Waals surface area contributed by atoms with Gasteiger partial charge in [0, 0.05) is 10.9 Å². The standard InChI is InChI=1S/C13H15BrO3/c1-2-17-13(16)12-8-10(4-3-7-14)5-6-11(12)9-15/h5-6,8-9H,2-4,7H2,1H3. The molecule has 0 bridgehead atoms. The second kappa shape index (κ2) is 7.22. The Hall–Kier alpha value is -1.16. The summed E-state index contributed by atoms with van der Waals surface area (Å²) in [6.45, 7) is 2.05. The molecule has 0 fully saturated rings. The maximum atomic E-state index is 11.7. The van der Waals surface area contributed by atoms with Gasteiger partial charge >= 0.3 is 5.97 Å². The molecule has 4 heteroatoms. The van der Waals surface area contributed by atoms with Crippen LogP contribution in [-0.2, 0) is 11.2 Å². The number of carbonyl (C=O) groups is 2. The summed E-state index contributed by atoms with van der Waals surface area (Å²) in [6.07, 6.45) is 2.54. The quantitative estimate of drug-likeness (QED) is 0.461. The van der Waals surface area contributed by atoms with Crippen molar-refractivity contribution in [1.29, 1.82) is 0 Å². The number of aldehydes is 1. The summed E-state index contributed by atoms with van der Waals surface area (Å²) in [4.78, 5) is 22.5. The summed E-state index contributed by atoms with van der Waals surface area (Å²) in [5.74, 6) is -0.435. The van der Waals surface area contributed by atoms with Crippen LogP contribution < -0.4 is 0 Å². The van der Waals surface area contributed by atoms with Crippen LogP contribution in [0.2, 0.25) is 0 Å². The number of hydrogen-bond acceptors (Lipinski definition) is 3. The maximum Gasteiger partial charge on any atom is 0.338 e. The molecule has 17 heavy (non-hydrogen) atoms. The second-order valence-corrected chi connectivity index (χ2v) is 4.35. The molecule has 0 spiro atoms. The molecule has 92 valence electrons. The van der Waals surface area contributed by atoms with Crippen molar-refractivity contribution in [2.75, 3.05) is 11.9 Å². The summed E-state index contributed by atoms with van der Waals surface area (Å²) in [7, 11) is 0. The van der Waals surface area contributed by atoms with Crippen molar-refractivity contribution in [3.63, 3.8) is 0 Å². The molecule has 1 aromatic carbocycles. The van der Waals surface area contributed by atoms with E-state index in [1.54, 1.807) is 19.1 Å². The van der Waals surface area contributed by atoms with E-state index >= 15 is 0 Å². The van der Waals surface area contributed by atoms with Crippen LogP contribution in [0.5, 0.6) is 0 Å². The lowest BCUT2D eigenvalue weighted by atomic mass is 10.0. The Bertz CT molecular complexity index is 402. The number of benzene rings is 1. The third kappa shape index (κ3) is 3.97. The van der Waals surface area contributed by atoms with Gasteiger partial charge < -0.3 is 4.74 Å². The lowest BCUT2D eigenvalue weighted by molar-refractivity contribution is 0.0524. The monoisotopic (exact) mass is 298 g/mol. The molecule has 0 saturated carbocycles. The van der Waals surface area contributed by atoms with Crippen LogP contribution >= 0.6 is 15.9 Å². The van der Waals surface area contributed by atoms with Crippen LogP contribution in [0.3, 0.4) is 0 Å². The van der Waals surface area contributed by atoms with Crippen LogP contribution in [0.4, 0.5) is 0 Å². The Morgan fingerprint density at radius 2 is 2.24 bits per heavy atom. The molecule has 0 aromatic heterocycles. The first-order chi connectivity index (χ1) is 8.22. The van der Waals surface area contributed by atoms with Gasteiger partial charge in [-0.2, -0.15) is 0 Å². The molecule has 1 rings (SSSR count). The third-order valence-electron chi connectivity index (χ3n) is 2.34. The van der Waals surface area contributed by atoms with E-state index in [2.05, 4.69) is 15.9 Å². The van der Waals surface area contributed by atoms with E-state index in [0.717, 1.165) is 23.7 Å². The molecule has 0 heterocycles. The number of hydrogen-bond donors (Lipinski definition) is 0. The minimum absolute atomic E-state index is 0.308. The summed E-state index contributed by atoms with van der Waals surface area (Å²) >= 11 is 3.36. The second-order valence-electron chi connectivity index (χ2n) is 3.55. The first kappa shape index (κ1) is 13.9. The van der Waals surface area contributed by atoms with Gasteiger partial charge in [-0.3, -0.25) is 4.79 Å². The highest BCUT2D eigenvalue weighted by molar-refractivity contribution is 9.09. The first-order valence-corrected chi connectivity index (χ1v) is 6.66. The number of esters is 1. The highest BCUT2D eigenvalue weighted by atomic mass is 79.9. The highest BCUT2D eigenvalue weighted by Gasteiger charge is 2.12. The highest BCUT2D eigenvalue weighted by Crippen LogP contribution is 2.14. The van der Waals surface area contributed by atoms with Crippen LogP contribution in [0, 0.1) is 0 Å². The molecular weight excluding hydrogens is 284 g/mol. The van der Waals surface area contributed by atoms with Crippen molar-refractivity contribution in [1.82, 2.24) is 0 Å². The normalized spacial score (nSPS) is 10.0. The van der Waals surface area contributed by atoms with E-state index < -0.39 is 5.97 Å². The number of alkyl halides is 1. The molecule has 0 saturated heterocycles. The van der Waals surface area contributed by atoms with Crippen LogP contribution in [-0.4, -0.2) is 24.2 Å². The molecule has 3 nitrogen and oxygen atoms in total. The largest absolute Gasteiger partial charge is 0.462 e. The van der Waals surface area contributed by atoms with Gasteiger partial charge in [0.15, 0.2) is 6.29 Å². The summed E-state index contributed by atoms with van der Waals surface area (Å²) in [5, 5.41) is 0.914. The Balaban J connectivity index is 2.97. The predicted octanol–water partition coefficient (Wildman–Crippen LogP) is 3.00. The topological polar surface area (TPSA) is 43.4 Å². The summed E-state index contributed by atoms with van der Waals surface area (Å²) in [6, 6.07) is 5.28. The van der Waals surface area contributed by atoms with Crippen molar-refractivity contribution in [2.24, 2.45) is 0 Å². The van der Waals surface area contributed by atoms with Gasteiger partial charge in [-0.25, -0.2) is 4.79 Å². The summed E-state index contributed by atoms with van der Waals surface area (Å²) < 4.78 is 4.92. The lowest BCUT2D eigenvalue weighted by Crippen LogP contribution is -2.08. The van der Waals surface area contributed by atoms with Gasteiger partial charge in [0.2, 0.25) is 0 Å². The van der Waals surface area contributed by atoms with E-state index in [-0.39, 0.29) is 0 Å². The fourth-order valence-electron chi connectivity index (χ4n) is 1.52. The fourth-order valence-corrected chi connectivity index (χ4v) is 1.80. The molecule has 0 aliphatic heterocycles. The van der Waals surface area contributed by atoms with E-state index in [1.165, 1.54) is 0 Å². The van der Waals surface area contributed by atoms with Gasteiger partial charge in [-0.15, -0.1) is 0 Å². The molecule has 0 amide bonds. The van der Waals surface area contributed by atoms with Crippen molar-refractivity contribution in [3.05, 3.63) is 34.9 Å². The SMILES string of the molecule is CCOC(=O)c1cc(CCCBr)ccc1C=O. The van der Waals surface area contributed by atoms with Gasteiger partial charge in [-0.1, -0.05) is 28.1 Å². The molecule has 0 atom stereocenters. The van der Waals surface area contributed by atoms with Crippen LogP contribution in [0.25, 0.3) is 0 Å². The van der Waals surface area contributed by atoms with Crippen LogP contribution in [0.1, 0.15) is 39.6 Å². The Labute approximate surface area is 109 Å². The molecule has 0 radical (unpaired) electrons. The zero-order valence-electron chi connectivity index (χ0n) is 9.74. The van der Waals surface area contributed by atoms with Crippen molar-refractivity contribution < 1.29 is 14.3 Å². The van der Waals surface area contributed by atoms with E-state index in [0.29, 0.717) is 24.0 Å². The van der Waals surface area contributed by atoms with Gasteiger partial charge in [-0.05, 0) is 31.4 Å². The Morgan fingerprint density at radius 1 is 1.47 bits per heavy atom. The zero-order chi connectivity index (χ0) is 12.7. The van der Waals surface area contributed by atoms with E-state index in [9.17, 15) is 9.59 Å². The number of ether oxygens (including phenoxy) is 1. The van der Waals surface area contributed by atoms with Crippen molar-refractivity contribution >= 4 is 28.2 Å². The van der Waals surface area contributed by atoms with Crippen molar-refractivity contribution in [3.8, 4) is 0 Å². The summed E-state index contributed by atoms with van der Waals surface area (Å²) in [5.41, 5.74) is 1.78. The number of rotatable bonds is 6. The average Bonchev–Trinajstić information content (AvgIpc) is 2.36. The number of aryl methyl sites for hydroxylation is 1. The number of halogens is 1. The Kier molecular flexibility index (Phi) is 5.91. The minimum Gasteiger partial charge on any atom is -0.462 e. The molecule has 0 aliphatic rings. The van der Waals surface area contributed by atoms with Gasteiger partial charge in [0.25, 0.3) is 0 Å². The zero-order valence-corrected chi connectivity index (χ0v) is 11.3. The maximum absolute atomic E-state index is 11.7. The number of carbonyl (C=O) groups excluding carboxylic acids is 2. The molecule has 1 aromatic rings. The van der Waals surface area contributed by atoms with E-state index in [1.807, 2.05) is 6.07 Å². The first-order valence-electron chi connectivity index (χ1n) is 5.54. The van der Waals surface area contributed by atoms with E-state index in [4.69, 9.17) is 4.74 Å². The van der Waals surface area contributed by atoms with Crippen LogP contribution in [0.15, 0.2) is 18.2 Å². The van der Waals surface area contributed by atoms with Gasteiger partial charge in [0.1, 0.15) is 0 Å². The fraction of sp³-hybridized carbons (Fsp3) is 0.385. The molecule has 0 N–H and O–H groups in total. The van der Waals surface area contributed by atoms with Crippen molar-refractivity contribution in [2.45, 2.75) is 19.8 Å². The average molecular weight is 299 g/mol. The molecule has 0 unspecified atom stereocenters. The third-order valence-corrected chi connectivity index (χ3v) is 2.90. The van der Waals surface area contributed by atoms with Gasteiger partial charge in [0.05, 0.1) is 12.2 Å². The smallest absolute Gasteiger partial charge is 0.338 e. The Morgan fingerprint density at radius 3 is 2.82 bits per heavy atom. The molecule has 0 aliphatic carbocycles.